The summed E-state index contributed by atoms with van der Waals surface area (Å²) in [6.07, 6.45) is 0.0691. The van der Waals surface area contributed by atoms with E-state index in [0.717, 1.165) is 0 Å². The van der Waals surface area contributed by atoms with Gasteiger partial charge in [-0.05, 0) is 31.2 Å². The first-order valence-electron chi connectivity index (χ1n) is 5.10. The van der Waals surface area contributed by atoms with Gasteiger partial charge in [-0.1, -0.05) is 0 Å². The van der Waals surface area contributed by atoms with Gasteiger partial charge in [0.05, 0.1) is 18.6 Å². The van der Waals surface area contributed by atoms with E-state index in [-0.39, 0.29) is 25.2 Å². The van der Waals surface area contributed by atoms with Crippen molar-refractivity contribution < 1.29 is 14.6 Å². The molecule has 1 rings (SSSR count). The van der Waals surface area contributed by atoms with Crippen molar-refractivity contribution in [3.63, 3.8) is 0 Å². The highest BCUT2D eigenvalue weighted by molar-refractivity contribution is 5.67. The van der Waals surface area contributed by atoms with Crippen LogP contribution in [0, 0.1) is 0 Å². The van der Waals surface area contributed by atoms with Gasteiger partial charge in [0, 0.05) is 0 Å². The van der Waals surface area contributed by atoms with Crippen LogP contribution in [0.3, 0.4) is 0 Å². The molecule has 0 amide bonds. The van der Waals surface area contributed by atoms with Gasteiger partial charge in [0.2, 0.25) is 0 Å². The zero-order valence-corrected chi connectivity index (χ0v) is 9.62. The van der Waals surface area contributed by atoms with Crippen molar-refractivity contribution in [1.29, 1.82) is 0 Å². The standard InChI is InChI=1S/C9H16N4O3/c1-6(2)16-5-8-10-11-12-13(8)7(3)4-9(14)15/h6-7H,4-5H2,1-3H3,(H,14,15). The largest absolute Gasteiger partial charge is 0.481 e. The van der Waals surface area contributed by atoms with Gasteiger partial charge in [-0.25, -0.2) is 4.68 Å². The molecule has 1 atom stereocenters. The Morgan fingerprint density at radius 3 is 2.75 bits per heavy atom. The molecule has 0 saturated heterocycles. The summed E-state index contributed by atoms with van der Waals surface area (Å²) in [7, 11) is 0. The Hall–Kier alpha value is -1.50. The highest BCUT2D eigenvalue weighted by Gasteiger charge is 2.16. The SMILES string of the molecule is CC(C)OCc1nnnn1C(C)CC(=O)O. The van der Waals surface area contributed by atoms with Gasteiger partial charge in [0.25, 0.3) is 0 Å². The zero-order valence-electron chi connectivity index (χ0n) is 9.62. The van der Waals surface area contributed by atoms with Gasteiger partial charge in [0.15, 0.2) is 5.82 Å². The second-order valence-electron chi connectivity index (χ2n) is 3.85. The number of hydrogen-bond donors (Lipinski definition) is 1. The minimum absolute atomic E-state index is 0.0142. The second kappa shape index (κ2) is 5.55. The van der Waals surface area contributed by atoms with Crippen LogP contribution in [0.5, 0.6) is 0 Å². The van der Waals surface area contributed by atoms with Gasteiger partial charge in [0.1, 0.15) is 6.61 Å². The smallest absolute Gasteiger partial charge is 0.305 e. The van der Waals surface area contributed by atoms with Crippen LogP contribution in [0.2, 0.25) is 0 Å². The van der Waals surface area contributed by atoms with Crippen molar-refractivity contribution >= 4 is 5.97 Å². The molecule has 16 heavy (non-hydrogen) atoms. The van der Waals surface area contributed by atoms with E-state index in [1.54, 1.807) is 6.92 Å². The quantitative estimate of drug-likeness (QED) is 0.768. The highest BCUT2D eigenvalue weighted by atomic mass is 16.5. The second-order valence-corrected chi connectivity index (χ2v) is 3.85. The number of carbonyl (C=O) groups is 1. The number of tetrazole rings is 1. The number of aromatic nitrogens is 4. The Morgan fingerprint density at radius 1 is 1.50 bits per heavy atom. The number of rotatable bonds is 6. The van der Waals surface area contributed by atoms with Crippen LogP contribution in [0.4, 0.5) is 0 Å². The molecule has 0 saturated carbocycles. The van der Waals surface area contributed by atoms with E-state index in [9.17, 15) is 4.79 Å². The third-order valence-corrected chi connectivity index (χ3v) is 1.99. The third kappa shape index (κ3) is 3.58. The van der Waals surface area contributed by atoms with Crippen molar-refractivity contribution in [1.82, 2.24) is 20.2 Å². The normalized spacial score (nSPS) is 13.0. The Morgan fingerprint density at radius 2 is 2.19 bits per heavy atom. The van der Waals surface area contributed by atoms with E-state index in [0.29, 0.717) is 5.82 Å². The Labute approximate surface area is 93.4 Å². The van der Waals surface area contributed by atoms with Crippen LogP contribution in [-0.4, -0.2) is 37.4 Å². The lowest BCUT2D eigenvalue weighted by Crippen LogP contribution is -2.16. The zero-order chi connectivity index (χ0) is 12.1. The summed E-state index contributed by atoms with van der Waals surface area (Å²) in [5, 5.41) is 19.8. The van der Waals surface area contributed by atoms with Crippen molar-refractivity contribution in [2.75, 3.05) is 0 Å². The minimum atomic E-state index is -0.876. The monoisotopic (exact) mass is 228 g/mol. The fourth-order valence-electron chi connectivity index (χ4n) is 1.23. The Bertz CT molecular complexity index is 350. The van der Waals surface area contributed by atoms with Crippen LogP contribution in [0.25, 0.3) is 0 Å². The molecule has 0 radical (unpaired) electrons. The first-order chi connectivity index (χ1) is 7.50. The Kier molecular flexibility index (Phi) is 4.36. The fraction of sp³-hybridized carbons (Fsp3) is 0.778. The summed E-state index contributed by atoms with van der Waals surface area (Å²) < 4.78 is 6.85. The molecule has 90 valence electrons. The van der Waals surface area contributed by atoms with E-state index in [1.807, 2.05) is 13.8 Å². The van der Waals surface area contributed by atoms with Crippen molar-refractivity contribution in [3.8, 4) is 0 Å². The lowest BCUT2D eigenvalue weighted by molar-refractivity contribution is -0.137. The molecule has 7 heteroatoms. The molecule has 1 aromatic heterocycles. The molecule has 0 spiro atoms. The lowest BCUT2D eigenvalue weighted by Gasteiger charge is -2.12. The fourth-order valence-corrected chi connectivity index (χ4v) is 1.23. The summed E-state index contributed by atoms with van der Waals surface area (Å²) >= 11 is 0. The lowest BCUT2D eigenvalue weighted by atomic mass is 10.2. The maximum atomic E-state index is 10.6. The third-order valence-electron chi connectivity index (χ3n) is 1.99. The molecular formula is C9H16N4O3. The number of carboxylic acids is 1. The molecular weight excluding hydrogens is 212 g/mol. The molecule has 0 aliphatic carbocycles. The molecule has 1 heterocycles. The molecule has 7 nitrogen and oxygen atoms in total. The predicted octanol–water partition coefficient (Wildman–Crippen LogP) is 0.634. The molecule has 0 aliphatic rings. The summed E-state index contributed by atoms with van der Waals surface area (Å²) in [4.78, 5) is 10.6. The molecule has 0 aliphatic heterocycles. The van der Waals surface area contributed by atoms with Crippen LogP contribution in [0.15, 0.2) is 0 Å². The first kappa shape index (κ1) is 12.6. The topological polar surface area (TPSA) is 90.1 Å². The van der Waals surface area contributed by atoms with E-state index in [4.69, 9.17) is 9.84 Å². The highest BCUT2D eigenvalue weighted by Crippen LogP contribution is 2.11. The van der Waals surface area contributed by atoms with Gasteiger partial charge in [-0.3, -0.25) is 4.79 Å². The maximum Gasteiger partial charge on any atom is 0.305 e. The van der Waals surface area contributed by atoms with E-state index in [2.05, 4.69) is 15.5 Å². The number of carboxylic acid groups (broad SMARTS) is 1. The minimum Gasteiger partial charge on any atom is -0.481 e. The predicted molar refractivity (Wildman–Crippen MR) is 54.7 cm³/mol. The van der Waals surface area contributed by atoms with Gasteiger partial charge in [-0.15, -0.1) is 5.10 Å². The molecule has 0 bridgehead atoms. The van der Waals surface area contributed by atoms with Gasteiger partial charge < -0.3 is 9.84 Å². The van der Waals surface area contributed by atoms with Crippen LogP contribution < -0.4 is 0 Å². The molecule has 1 aromatic rings. The first-order valence-corrected chi connectivity index (χ1v) is 5.10. The number of aliphatic carboxylic acids is 1. The molecule has 0 aromatic carbocycles. The van der Waals surface area contributed by atoms with Crippen LogP contribution in [0.1, 0.15) is 39.1 Å². The van der Waals surface area contributed by atoms with Gasteiger partial charge >= 0.3 is 5.97 Å². The van der Waals surface area contributed by atoms with E-state index >= 15 is 0 Å². The number of hydrogen-bond acceptors (Lipinski definition) is 5. The average Bonchev–Trinajstić information content (AvgIpc) is 2.61. The summed E-state index contributed by atoms with van der Waals surface area (Å²) in [5.74, 6) is -0.332. The number of nitrogens with zero attached hydrogens (tertiary/aromatic N) is 4. The molecule has 1 N–H and O–H groups in total. The van der Waals surface area contributed by atoms with E-state index < -0.39 is 5.97 Å². The number of ether oxygens (including phenoxy) is 1. The maximum absolute atomic E-state index is 10.6. The summed E-state index contributed by atoms with van der Waals surface area (Å²) in [6.45, 7) is 5.86. The summed E-state index contributed by atoms with van der Waals surface area (Å²) in [6, 6.07) is -0.279. The van der Waals surface area contributed by atoms with Crippen LogP contribution in [-0.2, 0) is 16.1 Å². The van der Waals surface area contributed by atoms with E-state index in [1.165, 1.54) is 4.68 Å². The van der Waals surface area contributed by atoms with Crippen LogP contribution >= 0.6 is 0 Å². The molecule has 1 unspecified atom stereocenters. The Balaban J connectivity index is 2.65. The van der Waals surface area contributed by atoms with Crippen molar-refractivity contribution in [2.45, 2.75) is 45.9 Å². The molecule has 0 fully saturated rings. The van der Waals surface area contributed by atoms with Gasteiger partial charge in [-0.2, -0.15) is 0 Å². The average molecular weight is 228 g/mol. The van der Waals surface area contributed by atoms with Crippen molar-refractivity contribution in [2.24, 2.45) is 0 Å². The summed E-state index contributed by atoms with van der Waals surface area (Å²) in [5.41, 5.74) is 0. The van der Waals surface area contributed by atoms with Crippen molar-refractivity contribution in [3.05, 3.63) is 5.82 Å².